The Kier molecular flexibility index (Phi) is 5.41. The molecule has 0 aromatic heterocycles. The summed E-state index contributed by atoms with van der Waals surface area (Å²) in [6.45, 7) is 4.45. The highest BCUT2D eigenvalue weighted by atomic mass is 35.5. The van der Waals surface area contributed by atoms with Crippen LogP contribution in [-0.4, -0.2) is 23.3 Å². The van der Waals surface area contributed by atoms with Crippen molar-refractivity contribution in [3.63, 3.8) is 0 Å². The minimum Gasteiger partial charge on any atom is -0.373 e. The number of carbonyl (C=O) groups is 1. The maximum atomic E-state index is 14.0. The number of urea groups is 1. The quantitative estimate of drug-likeness (QED) is 0.460. The molecule has 2 fully saturated rings. The van der Waals surface area contributed by atoms with Crippen LogP contribution in [0.5, 0.6) is 0 Å². The molecular weight excluding hydrogens is 459 g/mol. The highest BCUT2D eigenvalue weighted by molar-refractivity contribution is 6.31. The number of halogens is 2. The molecule has 2 atom stereocenters. The Bertz CT molecular complexity index is 1190. The predicted molar refractivity (Wildman–Crippen MR) is 131 cm³/mol. The van der Waals surface area contributed by atoms with Crippen LogP contribution in [0.3, 0.4) is 0 Å². The van der Waals surface area contributed by atoms with Crippen molar-refractivity contribution >= 4 is 40.6 Å². The Labute approximate surface area is 203 Å². The van der Waals surface area contributed by atoms with Crippen molar-refractivity contribution in [3.8, 4) is 0 Å². The molecule has 2 aliphatic rings. The van der Waals surface area contributed by atoms with Crippen LogP contribution in [0, 0.1) is 0 Å². The summed E-state index contributed by atoms with van der Waals surface area (Å²) in [4.78, 5) is 17.0. The van der Waals surface area contributed by atoms with E-state index in [0.29, 0.717) is 27.0 Å². The highest BCUT2D eigenvalue weighted by Gasteiger charge is 2.64. The summed E-state index contributed by atoms with van der Waals surface area (Å²) < 4.78 is 5.67. The molecule has 1 N–H and O–H groups in total. The van der Waals surface area contributed by atoms with E-state index in [1.165, 1.54) is 4.90 Å². The van der Waals surface area contributed by atoms with Gasteiger partial charge in [-0.3, -0.25) is 9.80 Å². The molecule has 2 aliphatic heterocycles. The van der Waals surface area contributed by atoms with Crippen LogP contribution < -0.4 is 9.80 Å². The molecule has 170 valence electrons. The number of nitrogens with zero attached hydrogens (tertiary/aromatic N) is 2. The predicted octanol–water partition coefficient (Wildman–Crippen LogP) is 6.53. The number of hydrogen-bond acceptors (Lipinski definition) is 3. The van der Waals surface area contributed by atoms with Gasteiger partial charge in [-0.05, 0) is 74.0 Å². The van der Waals surface area contributed by atoms with E-state index in [0.717, 1.165) is 18.6 Å². The standard InChI is InChI=1S/C26H24Cl2N2O3/c1-25(2)26(32,18-5-3-4-17(16-18)23-14-15-33-23)30(22-12-8-20(28)9-13-22)24(31)29(25)21-10-6-19(27)7-11-21/h3-13,16,23,32H,14-15H2,1-2H3. The van der Waals surface area contributed by atoms with Crippen LogP contribution in [0.1, 0.15) is 37.5 Å². The van der Waals surface area contributed by atoms with Gasteiger partial charge < -0.3 is 9.84 Å². The van der Waals surface area contributed by atoms with Crippen molar-refractivity contribution in [2.45, 2.75) is 37.6 Å². The van der Waals surface area contributed by atoms with E-state index < -0.39 is 11.3 Å². The van der Waals surface area contributed by atoms with Crippen molar-refractivity contribution < 1.29 is 14.6 Å². The van der Waals surface area contributed by atoms with Crippen LogP contribution in [-0.2, 0) is 10.5 Å². The van der Waals surface area contributed by atoms with Gasteiger partial charge in [-0.25, -0.2) is 4.79 Å². The second-order valence-electron chi connectivity index (χ2n) is 8.91. The Hall–Kier alpha value is -2.57. The molecule has 0 radical (unpaired) electrons. The Balaban J connectivity index is 1.70. The number of amides is 2. The lowest BCUT2D eigenvalue weighted by molar-refractivity contribution is -0.0532. The third-order valence-corrected chi connectivity index (χ3v) is 7.15. The van der Waals surface area contributed by atoms with Crippen LogP contribution in [0.25, 0.3) is 0 Å². The fourth-order valence-corrected chi connectivity index (χ4v) is 5.01. The molecule has 2 heterocycles. The molecular formula is C26H24Cl2N2O3. The van der Waals surface area contributed by atoms with Crippen LogP contribution in [0.15, 0.2) is 72.8 Å². The maximum absolute atomic E-state index is 14.0. The average molecular weight is 483 g/mol. The lowest BCUT2D eigenvalue weighted by Crippen LogP contribution is -2.56. The fourth-order valence-electron chi connectivity index (χ4n) is 4.75. The zero-order valence-electron chi connectivity index (χ0n) is 18.3. The van der Waals surface area contributed by atoms with Gasteiger partial charge in [0.2, 0.25) is 0 Å². The zero-order chi connectivity index (χ0) is 23.4. The Morgan fingerprint density at radius 1 is 0.909 bits per heavy atom. The number of rotatable bonds is 4. The van der Waals surface area contributed by atoms with E-state index in [2.05, 4.69) is 0 Å². The number of aliphatic hydroxyl groups is 1. The van der Waals surface area contributed by atoms with Crippen molar-refractivity contribution in [1.82, 2.24) is 0 Å². The Morgan fingerprint density at radius 3 is 1.97 bits per heavy atom. The summed E-state index contributed by atoms with van der Waals surface area (Å²) in [5.74, 6) is 0. The first-order chi connectivity index (χ1) is 15.7. The molecule has 3 aromatic rings. The lowest BCUT2D eigenvalue weighted by Gasteiger charge is -2.43. The van der Waals surface area contributed by atoms with Crippen molar-refractivity contribution in [3.05, 3.63) is 94.0 Å². The largest absolute Gasteiger partial charge is 0.373 e. The van der Waals surface area contributed by atoms with Gasteiger partial charge in [0.05, 0.1) is 18.2 Å². The summed E-state index contributed by atoms with van der Waals surface area (Å²) in [7, 11) is 0. The summed E-state index contributed by atoms with van der Waals surface area (Å²) in [5, 5.41) is 13.6. The van der Waals surface area contributed by atoms with E-state index in [4.69, 9.17) is 27.9 Å². The number of benzene rings is 3. The molecule has 3 aromatic carbocycles. The first-order valence-electron chi connectivity index (χ1n) is 10.8. The monoisotopic (exact) mass is 482 g/mol. The number of carbonyl (C=O) groups excluding carboxylic acids is 1. The first kappa shape index (κ1) is 22.2. The van der Waals surface area contributed by atoms with E-state index in [9.17, 15) is 9.90 Å². The molecule has 2 unspecified atom stereocenters. The van der Waals surface area contributed by atoms with E-state index in [1.54, 1.807) is 53.4 Å². The number of ether oxygens (including phenoxy) is 1. The molecule has 0 saturated carbocycles. The SMILES string of the molecule is CC1(C)N(c2ccc(Cl)cc2)C(=O)N(c2ccc(Cl)cc2)C1(O)c1cccc(C2CCO2)c1. The van der Waals surface area contributed by atoms with Crippen LogP contribution in [0.4, 0.5) is 16.2 Å². The normalized spacial score (nSPS) is 24.2. The molecule has 5 nitrogen and oxygen atoms in total. The molecule has 7 heteroatoms. The second-order valence-corrected chi connectivity index (χ2v) is 9.78. The van der Waals surface area contributed by atoms with E-state index >= 15 is 0 Å². The van der Waals surface area contributed by atoms with Gasteiger partial charge in [0.1, 0.15) is 0 Å². The van der Waals surface area contributed by atoms with E-state index in [-0.39, 0.29) is 12.1 Å². The molecule has 0 aliphatic carbocycles. The average Bonchev–Trinajstić information content (AvgIpc) is 2.91. The number of hydrogen-bond donors (Lipinski definition) is 1. The van der Waals surface area contributed by atoms with Gasteiger partial charge in [0.15, 0.2) is 5.72 Å². The van der Waals surface area contributed by atoms with Gasteiger partial charge in [-0.1, -0.05) is 41.4 Å². The molecule has 0 spiro atoms. The zero-order valence-corrected chi connectivity index (χ0v) is 19.8. The smallest absolute Gasteiger partial charge is 0.332 e. The van der Waals surface area contributed by atoms with Crippen molar-refractivity contribution in [2.24, 2.45) is 0 Å². The Morgan fingerprint density at radius 2 is 1.45 bits per heavy atom. The van der Waals surface area contributed by atoms with Crippen molar-refractivity contribution in [2.75, 3.05) is 16.4 Å². The van der Waals surface area contributed by atoms with Gasteiger partial charge in [0, 0.05) is 33.4 Å². The summed E-state index contributed by atoms with van der Waals surface area (Å²) in [6, 6.07) is 21.3. The molecule has 33 heavy (non-hydrogen) atoms. The van der Waals surface area contributed by atoms with Crippen molar-refractivity contribution in [1.29, 1.82) is 0 Å². The molecule has 0 bridgehead atoms. The van der Waals surface area contributed by atoms with Crippen LogP contribution >= 0.6 is 23.2 Å². The fraction of sp³-hybridized carbons (Fsp3) is 0.269. The van der Waals surface area contributed by atoms with Gasteiger partial charge >= 0.3 is 6.03 Å². The maximum Gasteiger partial charge on any atom is 0.332 e. The highest BCUT2D eigenvalue weighted by Crippen LogP contribution is 2.51. The topological polar surface area (TPSA) is 53.0 Å². The van der Waals surface area contributed by atoms with Crippen LogP contribution in [0.2, 0.25) is 10.0 Å². The minimum absolute atomic E-state index is 0.00474. The lowest BCUT2D eigenvalue weighted by atomic mass is 9.82. The van der Waals surface area contributed by atoms with E-state index in [1.807, 2.05) is 38.1 Å². The molecule has 2 amide bonds. The molecule has 2 saturated heterocycles. The molecule has 5 rings (SSSR count). The third kappa shape index (κ3) is 3.42. The second kappa shape index (κ2) is 8.03. The van der Waals surface area contributed by atoms with Gasteiger partial charge in [0.25, 0.3) is 0 Å². The minimum atomic E-state index is -1.68. The number of anilines is 2. The summed E-state index contributed by atoms with van der Waals surface area (Å²) >= 11 is 12.2. The van der Waals surface area contributed by atoms with Gasteiger partial charge in [-0.2, -0.15) is 0 Å². The summed E-state index contributed by atoms with van der Waals surface area (Å²) in [5.41, 5.74) is 0.0507. The van der Waals surface area contributed by atoms with Gasteiger partial charge in [-0.15, -0.1) is 0 Å². The first-order valence-corrected chi connectivity index (χ1v) is 11.6. The summed E-state index contributed by atoms with van der Waals surface area (Å²) in [6.07, 6.45) is 0.937. The third-order valence-electron chi connectivity index (χ3n) is 6.65.